The van der Waals surface area contributed by atoms with E-state index >= 15 is 0 Å². The van der Waals surface area contributed by atoms with E-state index in [1.807, 2.05) is 14.0 Å². The molecule has 1 aromatic carbocycles. The van der Waals surface area contributed by atoms with E-state index in [1.54, 1.807) is 35.3 Å². The number of aryl methyl sites for hydroxylation is 1. The molecule has 0 aliphatic rings. The van der Waals surface area contributed by atoms with Gasteiger partial charge in [-0.1, -0.05) is 18.2 Å². The number of halogens is 1. The van der Waals surface area contributed by atoms with Gasteiger partial charge < -0.3 is 16.0 Å². The van der Waals surface area contributed by atoms with Crippen LogP contribution < -0.4 is 10.6 Å². The lowest BCUT2D eigenvalue weighted by Crippen LogP contribution is -2.12. The minimum Gasteiger partial charge on any atom is -0.363 e. The quantitative estimate of drug-likeness (QED) is 0.597. The number of hydrogen-bond acceptors (Lipinski definition) is 6. The third-order valence-electron chi connectivity index (χ3n) is 3.66. The highest BCUT2D eigenvalue weighted by atomic mass is 19.1. The third kappa shape index (κ3) is 3.79. The van der Waals surface area contributed by atoms with Crippen LogP contribution in [-0.4, -0.2) is 26.0 Å². The summed E-state index contributed by atoms with van der Waals surface area (Å²) in [5.74, 6) is 0.524. The second kappa shape index (κ2) is 7.08. The standard InChI is InChI=1S/C17H18FN7.H2/c1-11(14-5-3-4-6-15(14)18)22-16-12(7-19)8-20-17(24-16)23-13-9-21-25(2)10-13;/h3-11,19H,1-2H3,(H2,20,22,23,24);1H. The molecule has 1 unspecified atom stereocenters. The normalized spacial score (nSPS) is 11.8. The first-order valence-electron chi connectivity index (χ1n) is 7.71. The van der Waals surface area contributed by atoms with Crippen LogP contribution in [0.15, 0.2) is 42.9 Å². The van der Waals surface area contributed by atoms with Gasteiger partial charge in [0.15, 0.2) is 0 Å². The van der Waals surface area contributed by atoms with E-state index in [-0.39, 0.29) is 13.3 Å². The highest BCUT2D eigenvalue weighted by molar-refractivity contribution is 5.84. The molecule has 3 rings (SSSR count). The Labute approximate surface area is 145 Å². The summed E-state index contributed by atoms with van der Waals surface area (Å²) >= 11 is 0. The lowest BCUT2D eigenvalue weighted by atomic mass is 10.1. The van der Waals surface area contributed by atoms with E-state index in [2.05, 4.69) is 25.7 Å². The molecule has 0 radical (unpaired) electrons. The molecule has 130 valence electrons. The molecule has 8 heteroatoms. The number of anilines is 3. The van der Waals surface area contributed by atoms with Crippen molar-refractivity contribution in [2.45, 2.75) is 13.0 Å². The molecule has 2 heterocycles. The van der Waals surface area contributed by atoms with Crippen LogP contribution in [0.2, 0.25) is 0 Å². The molecule has 0 aliphatic heterocycles. The highest BCUT2D eigenvalue weighted by Crippen LogP contribution is 2.23. The van der Waals surface area contributed by atoms with E-state index in [4.69, 9.17) is 5.41 Å². The van der Waals surface area contributed by atoms with Crippen LogP contribution in [-0.2, 0) is 7.05 Å². The van der Waals surface area contributed by atoms with Gasteiger partial charge in [0.1, 0.15) is 11.6 Å². The first-order valence-corrected chi connectivity index (χ1v) is 7.71. The fourth-order valence-electron chi connectivity index (χ4n) is 2.40. The maximum atomic E-state index is 14.0. The third-order valence-corrected chi connectivity index (χ3v) is 3.66. The van der Waals surface area contributed by atoms with Gasteiger partial charge in [0.25, 0.3) is 0 Å². The van der Waals surface area contributed by atoms with Crippen LogP contribution in [0.5, 0.6) is 0 Å². The van der Waals surface area contributed by atoms with Gasteiger partial charge in [0, 0.05) is 32.6 Å². The van der Waals surface area contributed by atoms with E-state index < -0.39 is 0 Å². The summed E-state index contributed by atoms with van der Waals surface area (Å²) in [6.45, 7) is 1.84. The molecule has 0 aliphatic carbocycles. The molecule has 3 N–H and O–H groups in total. The van der Waals surface area contributed by atoms with Crippen LogP contribution in [0.3, 0.4) is 0 Å². The van der Waals surface area contributed by atoms with Crippen molar-refractivity contribution in [1.29, 1.82) is 5.41 Å². The largest absolute Gasteiger partial charge is 0.363 e. The monoisotopic (exact) mass is 341 g/mol. The van der Waals surface area contributed by atoms with Gasteiger partial charge in [-0.2, -0.15) is 10.1 Å². The van der Waals surface area contributed by atoms with Gasteiger partial charge >= 0.3 is 0 Å². The number of rotatable bonds is 6. The Morgan fingerprint density at radius 1 is 1.32 bits per heavy atom. The van der Waals surface area contributed by atoms with Crippen molar-refractivity contribution in [3.05, 3.63) is 59.8 Å². The smallest absolute Gasteiger partial charge is 0.229 e. The Hall–Kier alpha value is -3.29. The van der Waals surface area contributed by atoms with Gasteiger partial charge in [-0.3, -0.25) is 4.68 Å². The summed E-state index contributed by atoms with van der Waals surface area (Å²) in [6.07, 6.45) is 6.14. The molecular weight excluding hydrogens is 321 g/mol. The van der Waals surface area contributed by atoms with Gasteiger partial charge in [-0.25, -0.2) is 9.37 Å². The minimum absolute atomic E-state index is 0. The molecule has 7 nitrogen and oxygen atoms in total. The van der Waals surface area contributed by atoms with Crippen LogP contribution in [0.25, 0.3) is 0 Å². The first-order chi connectivity index (χ1) is 12.1. The van der Waals surface area contributed by atoms with Crippen molar-refractivity contribution in [1.82, 2.24) is 19.7 Å². The van der Waals surface area contributed by atoms with Crippen molar-refractivity contribution in [2.24, 2.45) is 7.05 Å². The predicted molar refractivity (Wildman–Crippen MR) is 97.0 cm³/mol. The van der Waals surface area contributed by atoms with Crippen molar-refractivity contribution in [2.75, 3.05) is 10.6 Å². The van der Waals surface area contributed by atoms with Crippen LogP contribution in [0.1, 0.15) is 25.5 Å². The summed E-state index contributed by atoms with van der Waals surface area (Å²) in [5, 5.41) is 17.8. The summed E-state index contributed by atoms with van der Waals surface area (Å²) in [4.78, 5) is 8.59. The summed E-state index contributed by atoms with van der Waals surface area (Å²) in [7, 11) is 1.81. The summed E-state index contributed by atoms with van der Waals surface area (Å²) < 4.78 is 15.6. The molecule has 25 heavy (non-hydrogen) atoms. The Kier molecular flexibility index (Phi) is 4.69. The fourth-order valence-corrected chi connectivity index (χ4v) is 2.40. The Bertz CT molecular complexity index is 896. The minimum atomic E-state index is -0.318. The van der Waals surface area contributed by atoms with Gasteiger partial charge in [-0.15, -0.1) is 0 Å². The van der Waals surface area contributed by atoms with Crippen molar-refractivity contribution >= 4 is 23.7 Å². The molecule has 3 aromatic rings. The zero-order chi connectivity index (χ0) is 17.8. The zero-order valence-corrected chi connectivity index (χ0v) is 13.9. The molecule has 0 saturated heterocycles. The Morgan fingerprint density at radius 2 is 2.12 bits per heavy atom. The maximum Gasteiger partial charge on any atom is 0.229 e. The zero-order valence-electron chi connectivity index (χ0n) is 13.9. The van der Waals surface area contributed by atoms with Crippen molar-refractivity contribution < 1.29 is 5.82 Å². The van der Waals surface area contributed by atoms with Crippen molar-refractivity contribution in [3.63, 3.8) is 0 Å². The van der Waals surface area contributed by atoms with Gasteiger partial charge in [0.2, 0.25) is 5.95 Å². The molecule has 1 atom stereocenters. The molecule has 0 amide bonds. The highest BCUT2D eigenvalue weighted by Gasteiger charge is 2.14. The average molecular weight is 341 g/mol. The second-order valence-electron chi connectivity index (χ2n) is 5.56. The topological polar surface area (TPSA) is 91.5 Å². The number of nitrogens with one attached hydrogen (secondary N) is 3. The van der Waals surface area contributed by atoms with Gasteiger partial charge in [0.05, 0.1) is 23.5 Å². The number of hydrogen-bond donors (Lipinski definition) is 3. The van der Waals surface area contributed by atoms with Crippen LogP contribution in [0.4, 0.5) is 21.8 Å². The fraction of sp³-hybridized carbons (Fsp3) is 0.176. The number of nitrogens with zero attached hydrogens (tertiary/aromatic N) is 4. The second-order valence-corrected chi connectivity index (χ2v) is 5.56. The molecule has 2 aromatic heterocycles. The lowest BCUT2D eigenvalue weighted by molar-refractivity contribution is 0.600. The van der Waals surface area contributed by atoms with E-state index in [9.17, 15) is 4.39 Å². The first kappa shape index (κ1) is 16.6. The number of benzene rings is 1. The van der Waals surface area contributed by atoms with E-state index in [0.717, 1.165) is 11.9 Å². The van der Waals surface area contributed by atoms with Crippen LogP contribution in [0, 0.1) is 11.2 Å². The summed E-state index contributed by atoms with van der Waals surface area (Å²) in [6, 6.07) is 6.24. The SMILES string of the molecule is CC(Nc1nc(Nc2cnn(C)c2)ncc1C=N)c1ccccc1F.[HH]. The lowest BCUT2D eigenvalue weighted by Gasteiger charge is -2.17. The molecule has 0 bridgehead atoms. The predicted octanol–water partition coefficient (Wildman–Crippen LogP) is 3.51. The van der Waals surface area contributed by atoms with E-state index in [1.165, 1.54) is 12.3 Å². The number of aromatic nitrogens is 4. The van der Waals surface area contributed by atoms with Gasteiger partial charge in [-0.05, 0) is 13.0 Å². The van der Waals surface area contributed by atoms with E-state index in [0.29, 0.717) is 22.9 Å². The summed E-state index contributed by atoms with van der Waals surface area (Å²) in [5.41, 5.74) is 1.79. The average Bonchev–Trinajstić information content (AvgIpc) is 3.00. The Balaban J connectivity index is 0.00000243. The Morgan fingerprint density at radius 3 is 2.80 bits per heavy atom. The maximum absolute atomic E-state index is 14.0. The molecule has 0 spiro atoms. The van der Waals surface area contributed by atoms with Crippen molar-refractivity contribution in [3.8, 4) is 0 Å². The molecular formula is C17H20FN7. The van der Waals surface area contributed by atoms with Crippen LogP contribution >= 0.6 is 0 Å². The molecule has 0 fully saturated rings. The molecule has 0 saturated carbocycles.